The van der Waals surface area contributed by atoms with Crippen LogP contribution in [0, 0.1) is 23.7 Å². The summed E-state index contributed by atoms with van der Waals surface area (Å²) in [6, 6.07) is 17.4. The summed E-state index contributed by atoms with van der Waals surface area (Å²) in [6.07, 6.45) is 6.75. The molecule has 2 heteroatoms. The first-order valence-corrected chi connectivity index (χ1v) is 9.63. The number of benzene rings is 2. The van der Waals surface area contributed by atoms with E-state index in [1.807, 2.05) is 54.6 Å². The monoisotopic (exact) mass is 346 g/mol. The van der Waals surface area contributed by atoms with Gasteiger partial charge in [-0.1, -0.05) is 49.8 Å². The first kappa shape index (κ1) is 18.3. The van der Waals surface area contributed by atoms with E-state index >= 15 is 0 Å². The van der Waals surface area contributed by atoms with Gasteiger partial charge in [0.1, 0.15) is 5.75 Å². The van der Waals surface area contributed by atoms with Crippen molar-refractivity contribution in [1.29, 1.82) is 0 Å². The average molecular weight is 346 g/mol. The summed E-state index contributed by atoms with van der Waals surface area (Å²) in [5, 5.41) is 0. The molecule has 0 unspecified atom stereocenters. The first-order chi connectivity index (χ1) is 12.7. The maximum absolute atomic E-state index is 12.4. The fourth-order valence-corrected chi connectivity index (χ4v) is 3.57. The summed E-state index contributed by atoms with van der Waals surface area (Å²) in [5.74, 6) is 7.64. The van der Waals surface area contributed by atoms with Crippen LogP contribution >= 0.6 is 0 Å². The molecule has 1 aliphatic rings. The zero-order valence-corrected chi connectivity index (χ0v) is 15.4. The fraction of sp³-hybridized carbons (Fsp3) is 0.375. The Morgan fingerprint density at radius 3 is 2.15 bits per heavy atom. The second-order valence-electron chi connectivity index (χ2n) is 7.07. The molecule has 1 aliphatic carbocycles. The van der Waals surface area contributed by atoms with E-state index in [1.165, 1.54) is 12.8 Å². The van der Waals surface area contributed by atoms with E-state index in [2.05, 4.69) is 18.8 Å². The van der Waals surface area contributed by atoms with Gasteiger partial charge in [-0.25, -0.2) is 0 Å². The predicted octanol–water partition coefficient (Wildman–Crippen LogP) is 5.60. The highest BCUT2D eigenvalue weighted by molar-refractivity contribution is 5.75. The van der Waals surface area contributed by atoms with Crippen molar-refractivity contribution >= 4 is 5.97 Å². The third kappa shape index (κ3) is 5.23. The van der Waals surface area contributed by atoms with Crippen LogP contribution in [-0.2, 0) is 4.79 Å². The summed E-state index contributed by atoms with van der Waals surface area (Å²) in [4.78, 5) is 12.4. The lowest BCUT2D eigenvalue weighted by atomic mass is 9.80. The molecule has 3 rings (SSSR count). The third-order valence-electron chi connectivity index (χ3n) is 5.07. The number of hydrogen-bond donors (Lipinski definition) is 0. The van der Waals surface area contributed by atoms with Gasteiger partial charge >= 0.3 is 5.97 Å². The Balaban J connectivity index is 1.53. The molecule has 0 N–H and O–H groups in total. The summed E-state index contributed by atoms with van der Waals surface area (Å²) in [6.45, 7) is 2.23. The molecule has 0 saturated heterocycles. The Bertz CT molecular complexity index is 757. The molecule has 1 saturated carbocycles. The lowest BCUT2D eigenvalue weighted by Crippen LogP contribution is -2.25. The van der Waals surface area contributed by atoms with E-state index in [1.54, 1.807) is 0 Å². The molecule has 26 heavy (non-hydrogen) atoms. The van der Waals surface area contributed by atoms with Gasteiger partial charge in [0, 0.05) is 11.1 Å². The van der Waals surface area contributed by atoms with Crippen LogP contribution in [0.15, 0.2) is 54.6 Å². The maximum atomic E-state index is 12.4. The van der Waals surface area contributed by atoms with E-state index in [0.29, 0.717) is 5.75 Å². The van der Waals surface area contributed by atoms with Crippen LogP contribution in [0.2, 0.25) is 0 Å². The fourth-order valence-electron chi connectivity index (χ4n) is 3.57. The van der Waals surface area contributed by atoms with Gasteiger partial charge in [0.25, 0.3) is 0 Å². The van der Waals surface area contributed by atoms with Gasteiger partial charge in [0.15, 0.2) is 0 Å². The Morgan fingerprint density at radius 2 is 1.54 bits per heavy atom. The lowest BCUT2D eigenvalue weighted by molar-refractivity contribution is -0.140. The van der Waals surface area contributed by atoms with Crippen molar-refractivity contribution in [3.8, 4) is 17.6 Å². The van der Waals surface area contributed by atoms with Crippen molar-refractivity contribution < 1.29 is 9.53 Å². The van der Waals surface area contributed by atoms with Crippen molar-refractivity contribution in [3.05, 3.63) is 65.7 Å². The quantitative estimate of drug-likeness (QED) is 0.409. The second kappa shape index (κ2) is 9.25. The number of ether oxygens (including phenoxy) is 1. The topological polar surface area (TPSA) is 26.3 Å². The van der Waals surface area contributed by atoms with Gasteiger partial charge in [0.2, 0.25) is 0 Å². The van der Waals surface area contributed by atoms with Gasteiger partial charge in [-0.2, -0.15) is 0 Å². The van der Waals surface area contributed by atoms with Crippen LogP contribution in [-0.4, -0.2) is 5.97 Å². The molecule has 1 fully saturated rings. The predicted molar refractivity (Wildman–Crippen MR) is 105 cm³/mol. The first-order valence-electron chi connectivity index (χ1n) is 9.63. The largest absolute Gasteiger partial charge is 0.426 e. The molecule has 0 aromatic heterocycles. The van der Waals surface area contributed by atoms with Gasteiger partial charge in [-0.15, -0.1) is 0 Å². The van der Waals surface area contributed by atoms with Gasteiger partial charge in [-0.05, 0) is 68.0 Å². The van der Waals surface area contributed by atoms with E-state index in [0.717, 1.165) is 42.7 Å². The summed E-state index contributed by atoms with van der Waals surface area (Å²) >= 11 is 0. The number of rotatable bonds is 4. The van der Waals surface area contributed by atoms with E-state index in [4.69, 9.17) is 4.74 Å². The van der Waals surface area contributed by atoms with E-state index in [-0.39, 0.29) is 11.9 Å². The Morgan fingerprint density at radius 1 is 0.923 bits per heavy atom. The Labute approximate surface area is 156 Å². The Hall–Kier alpha value is -2.53. The standard InChI is InChI=1S/C24H26O2/c1-2-6-19-11-15-22(16-12-19)24(25)26-23-17-13-21(14-18-23)10-9-20-7-4-3-5-8-20/h3-5,7-8,13-14,17-19,22H,2,6,11-12,15-16H2,1H3/t19-,22-. The maximum Gasteiger partial charge on any atom is 0.314 e. The van der Waals surface area contributed by atoms with Gasteiger partial charge in [0.05, 0.1) is 5.92 Å². The molecule has 2 nitrogen and oxygen atoms in total. The van der Waals surface area contributed by atoms with Crippen molar-refractivity contribution in [1.82, 2.24) is 0 Å². The highest BCUT2D eigenvalue weighted by Crippen LogP contribution is 2.32. The van der Waals surface area contributed by atoms with Crippen LogP contribution in [0.25, 0.3) is 0 Å². The minimum atomic E-state index is -0.0805. The summed E-state index contributed by atoms with van der Waals surface area (Å²) in [7, 11) is 0. The molecule has 0 radical (unpaired) electrons. The average Bonchev–Trinajstić information content (AvgIpc) is 2.69. The second-order valence-corrected chi connectivity index (χ2v) is 7.07. The van der Waals surface area contributed by atoms with Crippen LogP contribution < -0.4 is 4.74 Å². The molecule has 2 aromatic rings. The van der Waals surface area contributed by atoms with E-state index < -0.39 is 0 Å². The molecule has 0 heterocycles. The smallest absolute Gasteiger partial charge is 0.314 e. The molecular formula is C24H26O2. The highest BCUT2D eigenvalue weighted by atomic mass is 16.5. The van der Waals surface area contributed by atoms with Gasteiger partial charge in [-0.3, -0.25) is 4.79 Å². The molecule has 0 spiro atoms. The van der Waals surface area contributed by atoms with Crippen LogP contribution in [0.3, 0.4) is 0 Å². The van der Waals surface area contributed by atoms with Crippen molar-refractivity contribution in [2.75, 3.05) is 0 Å². The van der Waals surface area contributed by atoms with Crippen molar-refractivity contribution in [2.24, 2.45) is 11.8 Å². The van der Waals surface area contributed by atoms with Crippen molar-refractivity contribution in [3.63, 3.8) is 0 Å². The SMILES string of the molecule is CCC[C@H]1CC[C@H](C(=O)Oc2ccc(C#Cc3ccccc3)cc2)CC1. The van der Waals surface area contributed by atoms with Crippen LogP contribution in [0.5, 0.6) is 5.75 Å². The molecular weight excluding hydrogens is 320 g/mol. The van der Waals surface area contributed by atoms with Crippen LogP contribution in [0.4, 0.5) is 0 Å². The molecule has 0 aliphatic heterocycles. The minimum absolute atomic E-state index is 0.0562. The minimum Gasteiger partial charge on any atom is -0.426 e. The molecule has 0 bridgehead atoms. The molecule has 0 atom stereocenters. The number of hydrogen-bond acceptors (Lipinski definition) is 2. The van der Waals surface area contributed by atoms with Gasteiger partial charge < -0.3 is 4.74 Å². The third-order valence-corrected chi connectivity index (χ3v) is 5.07. The van der Waals surface area contributed by atoms with Crippen LogP contribution in [0.1, 0.15) is 56.6 Å². The summed E-state index contributed by atoms with van der Waals surface area (Å²) in [5.41, 5.74) is 1.90. The molecule has 134 valence electrons. The number of carbonyl (C=O) groups is 1. The van der Waals surface area contributed by atoms with Crippen molar-refractivity contribution in [2.45, 2.75) is 45.4 Å². The highest BCUT2D eigenvalue weighted by Gasteiger charge is 2.27. The molecule has 2 aromatic carbocycles. The molecule has 0 amide bonds. The van der Waals surface area contributed by atoms with E-state index in [9.17, 15) is 4.79 Å². The zero-order valence-electron chi connectivity index (χ0n) is 15.4. The zero-order chi connectivity index (χ0) is 18.2. The normalized spacial score (nSPS) is 19.3. The summed E-state index contributed by atoms with van der Waals surface area (Å²) < 4.78 is 5.58. The number of carbonyl (C=O) groups excluding carboxylic acids is 1. The lowest BCUT2D eigenvalue weighted by Gasteiger charge is -2.26. The Kier molecular flexibility index (Phi) is 6.50. The number of esters is 1.